The molecule has 0 aliphatic carbocycles. The van der Waals surface area contributed by atoms with Crippen molar-refractivity contribution in [3.8, 4) is 11.5 Å². The van der Waals surface area contributed by atoms with Crippen molar-refractivity contribution in [1.29, 1.82) is 0 Å². The minimum absolute atomic E-state index is 0. The van der Waals surface area contributed by atoms with Gasteiger partial charge < -0.3 is 18.9 Å². The van der Waals surface area contributed by atoms with Crippen LogP contribution in [-0.2, 0) is 10.4 Å². The van der Waals surface area contributed by atoms with E-state index in [0.717, 1.165) is 0 Å². The van der Waals surface area contributed by atoms with E-state index in [0.29, 0.717) is 11.3 Å². The molecule has 0 aromatic heterocycles. The average molecular weight is 370 g/mol. The summed E-state index contributed by atoms with van der Waals surface area (Å²) < 4.78 is 39.0. The van der Waals surface area contributed by atoms with Gasteiger partial charge >= 0.3 is 59.1 Å². The van der Waals surface area contributed by atoms with Crippen LogP contribution in [-0.4, -0.2) is 35.5 Å². The second kappa shape index (κ2) is 12.0. The molecule has 7 nitrogen and oxygen atoms in total. The van der Waals surface area contributed by atoms with E-state index in [1.807, 2.05) is 6.07 Å². The smallest absolute Gasteiger partial charge is 0.759 e. The first-order valence-corrected chi connectivity index (χ1v) is 7.19. The Morgan fingerprint density at radius 2 is 1.54 bits per heavy atom. The van der Waals surface area contributed by atoms with Gasteiger partial charge in [-0.3, -0.25) is 13.2 Å². The summed E-state index contributed by atoms with van der Waals surface area (Å²) >= 11 is 0. The molecule has 10 heteroatoms. The molecule has 2 aromatic carbocycles. The van der Waals surface area contributed by atoms with Crippen molar-refractivity contribution in [2.24, 2.45) is 0 Å². The Balaban J connectivity index is 0. The van der Waals surface area contributed by atoms with Crippen molar-refractivity contribution in [3.05, 3.63) is 59.7 Å². The molecule has 2 aromatic rings. The van der Waals surface area contributed by atoms with Crippen LogP contribution in [0.25, 0.3) is 0 Å². The van der Waals surface area contributed by atoms with Gasteiger partial charge in [-0.25, -0.2) is 0 Å². The summed E-state index contributed by atoms with van der Waals surface area (Å²) in [7, 11) is -3.66. The van der Waals surface area contributed by atoms with Gasteiger partial charge in [-0.2, -0.15) is 0 Å². The summed E-state index contributed by atoms with van der Waals surface area (Å²) in [5.74, 6) is 0.246. The van der Waals surface area contributed by atoms with Gasteiger partial charge in [0.15, 0.2) is 5.78 Å². The Morgan fingerprint density at radius 1 is 1.04 bits per heavy atom. The third kappa shape index (κ3) is 9.77. The average Bonchev–Trinajstić information content (AvgIpc) is 2.45. The summed E-state index contributed by atoms with van der Waals surface area (Å²) in [6, 6.07) is 13.5. The first kappa shape index (κ1) is 25.8. The summed E-state index contributed by atoms with van der Waals surface area (Å²) in [6.45, 7) is 0. The number of ketones is 1. The molecule has 2 rings (SSSR count). The molecule has 1 N–H and O–H groups in total. The molecule has 0 spiro atoms. The zero-order valence-corrected chi connectivity index (χ0v) is 18.2. The fourth-order valence-electron chi connectivity index (χ4n) is 1.58. The van der Waals surface area contributed by atoms with Gasteiger partial charge in [-0.15, -0.1) is 0 Å². The van der Waals surface area contributed by atoms with Crippen LogP contribution in [0, 0.1) is 0 Å². The molecule has 0 saturated carbocycles. The molecule has 0 bridgehead atoms. The van der Waals surface area contributed by atoms with Gasteiger partial charge in [0.1, 0.15) is 11.5 Å². The van der Waals surface area contributed by atoms with Crippen LogP contribution >= 0.6 is 0 Å². The van der Waals surface area contributed by atoms with Crippen molar-refractivity contribution in [3.63, 3.8) is 0 Å². The minimum atomic E-state index is -5.17. The van der Waals surface area contributed by atoms with E-state index >= 15 is 0 Å². The number of ether oxygens (including phenoxy) is 1. The fraction of sp³-hybridized carbons (Fsp3) is 0.0714. The zero-order valence-electron chi connectivity index (χ0n) is 13.4. The van der Waals surface area contributed by atoms with E-state index in [4.69, 9.17) is 22.3 Å². The third-order valence-electron chi connectivity index (χ3n) is 2.49. The second-order valence-electron chi connectivity index (χ2n) is 3.99. The summed E-state index contributed by atoms with van der Waals surface area (Å²) in [5, 5.41) is 9.75. The minimum Gasteiger partial charge on any atom is -0.759 e. The van der Waals surface area contributed by atoms with Gasteiger partial charge in [0.2, 0.25) is 0 Å². The van der Waals surface area contributed by atoms with Crippen LogP contribution in [0.2, 0.25) is 0 Å². The summed E-state index contributed by atoms with van der Waals surface area (Å²) in [5.41, 5.74) is 0.824. The van der Waals surface area contributed by atoms with E-state index in [2.05, 4.69) is 0 Å². The SMILES string of the molecule is COc1ccc(C(=O)c2ccccc2)c(O)c1.O=S(=O)([O-])[O-].[Na+].[Na+]. The number of benzene rings is 2. The van der Waals surface area contributed by atoms with Crippen molar-refractivity contribution in [1.82, 2.24) is 0 Å². The Bertz CT molecular complexity index is 741. The molecule has 0 amide bonds. The molecule has 0 heterocycles. The summed E-state index contributed by atoms with van der Waals surface area (Å²) in [6.07, 6.45) is 0. The maximum atomic E-state index is 12.1. The van der Waals surface area contributed by atoms with Crippen molar-refractivity contribution < 1.29 is 91.3 Å². The zero-order chi connectivity index (χ0) is 16.8. The van der Waals surface area contributed by atoms with E-state index in [1.165, 1.54) is 13.2 Å². The largest absolute Gasteiger partial charge is 1.00 e. The second-order valence-corrected chi connectivity index (χ2v) is 4.80. The maximum absolute atomic E-state index is 12.1. The predicted octanol–water partition coefficient (Wildman–Crippen LogP) is -4.70. The number of methoxy groups -OCH3 is 1. The number of hydrogen-bond acceptors (Lipinski definition) is 7. The van der Waals surface area contributed by atoms with Gasteiger partial charge in [0.25, 0.3) is 0 Å². The molecular formula is C14H12Na2O7S. The van der Waals surface area contributed by atoms with Crippen LogP contribution < -0.4 is 63.9 Å². The molecule has 0 radical (unpaired) electrons. The molecule has 0 fully saturated rings. The van der Waals surface area contributed by atoms with E-state index in [-0.39, 0.29) is 76.2 Å². The van der Waals surface area contributed by atoms with E-state index < -0.39 is 10.4 Å². The number of phenolic OH excluding ortho intramolecular Hbond substituents is 1. The van der Waals surface area contributed by atoms with Crippen LogP contribution in [0.3, 0.4) is 0 Å². The number of rotatable bonds is 3. The molecule has 118 valence electrons. The molecule has 0 aliphatic heterocycles. The predicted molar refractivity (Wildman–Crippen MR) is 75.0 cm³/mol. The Hall–Kier alpha value is -0.420. The number of carbonyl (C=O) groups excluding carboxylic acids is 1. The molecule has 0 aliphatic rings. The third-order valence-corrected chi connectivity index (χ3v) is 2.49. The van der Waals surface area contributed by atoms with Crippen LogP contribution in [0.1, 0.15) is 15.9 Å². The van der Waals surface area contributed by atoms with Gasteiger partial charge in [0.05, 0.1) is 12.7 Å². The van der Waals surface area contributed by atoms with Crippen LogP contribution in [0.4, 0.5) is 0 Å². The Labute approximate surface area is 184 Å². The molecule has 0 unspecified atom stereocenters. The van der Waals surface area contributed by atoms with Crippen LogP contribution in [0.15, 0.2) is 48.5 Å². The molecule has 24 heavy (non-hydrogen) atoms. The number of hydrogen-bond donors (Lipinski definition) is 1. The van der Waals surface area contributed by atoms with Crippen molar-refractivity contribution in [2.75, 3.05) is 7.11 Å². The van der Waals surface area contributed by atoms with Gasteiger partial charge in [0, 0.05) is 22.0 Å². The van der Waals surface area contributed by atoms with E-state index in [1.54, 1.807) is 36.4 Å². The molecular weight excluding hydrogens is 358 g/mol. The number of carbonyl (C=O) groups is 1. The van der Waals surface area contributed by atoms with Gasteiger partial charge in [-0.05, 0) is 12.1 Å². The first-order chi connectivity index (χ1) is 10.2. The maximum Gasteiger partial charge on any atom is 1.00 e. The van der Waals surface area contributed by atoms with Crippen molar-refractivity contribution >= 4 is 16.2 Å². The Kier molecular flexibility index (Phi) is 12.9. The topological polar surface area (TPSA) is 127 Å². The monoisotopic (exact) mass is 370 g/mol. The molecule has 0 atom stereocenters. The Morgan fingerprint density at radius 3 is 1.96 bits per heavy atom. The fourth-order valence-corrected chi connectivity index (χ4v) is 1.58. The van der Waals surface area contributed by atoms with E-state index in [9.17, 15) is 9.90 Å². The number of phenols is 1. The summed E-state index contributed by atoms with van der Waals surface area (Å²) in [4.78, 5) is 12.1. The quantitative estimate of drug-likeness (QED) is 0.249. The standard InChI is InChI=1S/C14H12O3.2Na.H2O4S/c1-17-11-7-8-12(13(15)9-11)14(16)10-5-3-2-4-6-10;;;1-5(2,3)4/h2-9,15H,1H3;;;(H2,1,2,3,4)/q;2*+1;/p-2. The number of aromatic hydroxyl groups is 1. The molecule has 0 saturated heterocycles. The van der Waals surface area contributed by atoms with Gasteiger partial charge in [-0.1, -0.05) is 30.3 Å². The van der Waals surface area contributed by atoms with Crippen LogP contribution in [0.5, 0.6) is 11.5 Å². The van der Waals surface area contributed by atoms with Crippen molar-refractivity contribution in [2.45, 2.75) is 0 Å². The normalized spacial score (nSPS) is 9.46. The first-order valence-electron chi connectivity index (χ1n) is 5.86.